The van der Waals surface area contributed by atoms with Crippen LogP contribution in [0.1, 0.15) is 44.7 Å². The quantitative estimate of drug-likeness (QED) is 0.257. The molecule has 258 valence electrons. The Morgan fingerprint density at radius 3 is 2.48 bits per heavy atom. The zero-order valence-electron chi connectivity index (χ0n) is 27.0. The van der Waals surface area contributed by atoms with Gasteiger partial charge in [-0.1, -0.05) is 18.9 Å². The van der Waals surface area contributed by atoms with Gasteiger partial charge in [0.2, 0.25) is 5.91 Å². The first kappa shape index (κ1) is 34.0. The molecular formula is C34H40F3N5O5S. The van der Waals surface area contributed by atoms with E-state index >= 15 is 0 Å². The van der Waals surface area contributed by atoms with Gasteiger partial charge in [-0.25, -0.2) is 13.1 Å². The summed E-state index contributed by atoms with van der Waals surface area (Å²) in [4.78, 5) is 14.0. The van der Waals surface area contributed by atoms with Crippen molar-refractivity contribution in [2.75, 3.05) is 50.6 Å². The number of nitrogens with zero attached hydrogens (tertiary/aromatic N) is 2. The number of nitrogens with one attached hydrogen (secondary N) is 3. The highest BCUT2D eigenvalue weighted by atomic mass is 32.2. The Bertz CT molecular complexity index is 1830. The molecule has 0 bridgehead atoms. The molecular weight excluding hydrogens is 647 g/mol. The fourth-order valence-electron chi connectivity index (χ4n) is 6.86. The average molecular weight is 688 g/mol. The summed E-state index contributed by atoms with van der Waals surface area (Å²) in [5.74, 6) is 5.35. The van der Waals surface area contributed by atoms with E-state index in [-0.39, 0.29) is 35.3 Å². The Kier molecular flexibility index (Phi) is 9.57. The van der Waals surface area contributed by atoms with Gasteiger partial charge in [-0.3, -0.25) is 9.69 Å². The number of halogens is 3. The molecule has 3 N–H and O–H groups in total. The number of methoxy groups -OCH3 is 1. The molecule has 0 radical (unpaired) electrons. The number of alkyl halides is 3. The summed E-state index contributed by atoms with van der Waals surface area (Å²) in [7, 11) is -2.71. The third kappa shape index (κ3) is 7.38. The van der Waals surface area contributed by atoms with Crippen LogP contribution in [0.4, 0.5) is 24.5 Å². The van der Waals surface area contributed by atoms with E-state index in [1.165, 1.54) is 36.8 Å². The van der Waals surface area contributed by atoms with Gasteiger partial charge in [0, 0.05) is 54.1 Å². The van der Waals surface area contributed by atoms with Crippen molar-refractivity contribution in [2.24, 2.45) is 5.41 Å². The van der Waals surface area contributed by atoms with Crippen LogP contribution in [0, 0.1) is 17.3 Å². The minimum atomic E-state index is -4.45. The van der Waals surface area contributed by atoms with Crippen LogP contribution in [0.25, 0.3) is 10.9 Å². The van der Waals surface area contributed by atoms with E-state index < -0.39 is 28.7 Å². The standard InChI is InChI=1S/C34H40F3N5O5S/c1-3-32(43)40-48(44,45)26-13-14-29(31(17-26)46-2)38-15-5-6-25-16-27-28(7-4-8-30(27)42(25)20-34(35,36)37)39-23-9-11-24(12-10-23)41-18-33(19-41)21-47-22-33/h4,7-8,13-14,16-17,23-24,38-39H,3,9-12,15,18-22H2,1-2H3,(H,40,43). The number of ether oxygens (including phenoxy) is 2. The van der Waals surface area contributed by atoms with Gasteiger partial charge >= 0.3 is 6.18 Å². The number of sulfonamides is 1. The Labute approximate surface area is 278 Å². The van der Waals surface area contributed by atoms with E-state index in [0.717, 1.165) is 57.7 Å². The first-order valence-corrected chi connectivity index (χ1v) is 17.6. The van der Waals surface area contributed by atoms with Crippen molar-refractivity contribution in [3.8, 4) is 17.6 Å². The van der Waals surface area contributed by atoms with Gasteiger partial charge in [0.1, 0.15) is 12.3 Å². The van der Waals surface area contributed by atoms with Crippen LogP contribution in [0.5, 0.6) is 5.75 Å². The van der Waals surface area contributed by atoms with Crippen molar-refractivity contribution in [2.45, 2.75) is 68.7 Å². The van der Waals surface area contributed by atoms with Crippen LogP contribution in [-0.4, -0.2) is 82.0 Å². The van der Waals surface area contributed by atoms with E-state index in [2.05, 4.69) is 27.4 Å². The van der Waals surface area contributed by atoms with Crippen LogP contribution >= 0.6 is 0 Å². The second kappa shape index (κ2) is 13.5. The number of hydrogen-bond donors (Lipinski definition) is 3. The lowest BCUT2D eigenvalue weighted by molar-refractivity contribution is -0.200. The maximum atomic E-state index is 13.7. The maximum Gasteiger partial charge on any atom is 0.406 e. The molecule has 2 saturated heterocycles. The molecule has 1 aliphatic carbocycles. The number of rotatable bonds is 10. The molecule has 1 amide bonds. The van der Waals surface area contributed by atoms with Crippen LogP contribution in [0.15, 0.2) is 47.4 Å². The zero-order valence-corrected chi connectivity index (χ0v) is 27.8. The number of hydrogen-bond acceptors (Lipinski definition) is 8. The number of aromatic nitrogens is 1. The molecule has 3 heterocycles. The summed E-state index contributed by atoms with van der Waals surface area (Å²) in [6.07, 6.45) is -0.287. The minimum Gasteiger partial charge on any atom is -0.495 e. The first-order chi connectivity index (χ1) is 22.9. The van der Waals surface area contributed by atoms with E-state index in [0.29, 0.717) is 28.0 Å². The maximum absolute atomic E-state index is 13.7. The molecule has 3 aromatic rings. The van der Waals surface area contributed by atoms with E-state index in [1.54, 1.807) is 18.2 Å². The molecule has 0 atom stereocenters. The van der Waals surface area contributed by atoms with Crippen molar-refractivity contribution < 1.29 is 35.9 Å². The monoisotopic (exact) mass is 687 g/mol. The van der Waals surface area contributed by atoms with E-state index in [1.807, 2.05) is 10.8 Å². The molecule has 14 heteroatoms. The Morgan fingerprint density at radius 1 is 1.08 bits per heavy atom. The lowest BCUT2D eigenvalue weighted by Crippen LogP contribution is -2.68. The van der Waals surface area contributed by atoms with E-state index in [9.17, 15) is 26.4 Å². The first-order valence-electron chi connectivity index (χ1n) is 16.1. The number of benzene rings is 2. The topological polar surface area (TPSA) is 114 Å². The van der Waals surface area contributed by atoms with Crippen LogP contribution in [0.2, 0.25) is 0 Å². The van der Waals surface area contributed by atoms with Gasteiger partial charge in [-0.15, -0.1) is 0 Å². The number of amides is 1. The number of fused-ring (bicyclic) bond motifs is 1. The van der Waals surface area contributed by atoms with Gasteiger partial charge in [-0.05, 0) is 61.9 Å². The molecule has 3 fully saturated rings. The second-order valence-electron chi connectivity index (χ2n) is 12.9. The molecule has 48 heavy (non-hydrogen) atoms. The average Bonchev–Trinajstić information content (AvgIpc) is 3.34. The molecule has 1 aromatic heterocycles. The molecule has 3 aliphatic rings. The second-order valence-corrected chi connectivity index (χ2v) is 14.6. The number of likely N-dealkylation sites (tertiary alicyclic amines) is 1. The van der Waals surface area contributed by atoms with Crippen molar-refractivity contribution in [3.63, 3.8) is 0 Å². The van der Waals surface area contributed by atoms with Crippen LogP contribution in [0.3, 0.4) is 0 Å². The lowest BCUT2D eigenvalue weighted by atomic mass is 9.75. The van der Waals surface area contributed by atoms with Gasteiger partial charge in [0.25, 0.3) is 10.0 Å². The van der Waals surface area contributed by atoms with Crippen molar-refractivity contribution in [3.05, 3.63) is 48.2 Å². The summed E-state index contributed by atoms with van der Waals surface area (Å²) in [6, 6.07) is 11.9. The summed E-state index contributed by atoms with van der Waals surface area (Å²) in [5, 5.41) is 7.33. The largest absolute Gasteiger partial charge is 0.495 e. The lowest BCUT2D eigenvalue weighted by Gasteiger charge is -2.58. The van der Waals surface area contributed by atoms with Gasteiger partial charge in [-0.2, -0.15) is 13.2 Å². The smallest absolute Gasteiger partial charge is 0.406 e. The normalized spacial score (nSPS) is 20.7. The van der Waals surface area contributed by atoms with Gasteiger partial charge in [0.05, 0.1) is 48.7 Å². The van der Waals surface area contributed by atoms with Crippen molar-refractivity contribution in [1.29, 1.82) is 0 Å². The number of carbonyl (C=O) groups is 1. The van der Waals surface area contributed by atoms with E-state index in [4.69, 9.17) is 9.47 Å². The fourth-order valence-corrected chi connectivity index (χ4v) is 7.93. The number of carbonyl (C=O) groups excluding carboxylic acids is 1. The molecule has 1 spiro atoms. The van der Waals surface area contributed by atoms with Crippen molar-refractivity contribution >= 4 is 38.2 Å². The van der Waals surface area contributed by atoms with Gasteiger partial charge < -0.3 is 24.7 Å². The highest BCUT2D eigenvalue weighted by Crippen LogP contribution is 2.41. The molecule has 1 saturated carbocycles. The Hall–Kier alpha value is -3.93. The Morgan fingerprint density at radius 2 is 1.83 bits per heavy atom. The summed E-state index contributed by atoms with van der Waals surface area (Å²) in [6.45, 7) is 4.39. The predicted molar refractivity (Wildman–Crippen MR) is 176 cm³/mol. The molecule has 2 aliphatic heterocycles. The third-order valence-corrected chi connectivity index (χ3v) is 10.8. The zero-order chi connectivity index (χ0) is 34.1. The van der Waals surface area contributed by atoms with Crippen LogP contribution < -0.4 is 20.1 Å². The molecule has 2 aromatic carbocycles. The fraction of sp³-hybridized carbons (Fsp3) is 0.500. The number of anilines is 2. The summed E-state index contributed by atoms with van der Waals surface area (Å²) < 4.78 is 80.1. The summed E-state index contributed by atoms with van der Waals surface area (Å²) in [5.41, 5.74) is 2.29. The van der Waals surface area contributed by atoms with Crippen LogP contribution in [-0.2, 0) is 26.1 Å². The highest BCUT2D eigenvalue weighted by Gasteiger charge is 2.50. The molecule has 6 rings (SSSR count). The van der Waals surface area contributed by atoms with Gasteiger partial charge in [0.15, 0.2) is 0 Å². The highest BCUT2D eigenvalue weighted by molar-refractivity contribution is 7.90. The van der Waals surface area contributed by atoms with Crippen molar-refractivity contribution in [1.82, 2.24) is 14.2 Å². The summed E-state index contributed by atoms with van der Waals surface area (Å²) >= 11 is 0. The SMILES string of the molecule is CCC(=O)NS(=O)(=O)c1ccc(NCC#Cc2cc3c(NC4CCC(N5CC6(COC6)C5)CC4)cccc3n2CC(F)(F)F)c(OC)c1. The minimum absolute atomic E-state index is 0.00568. The molecule has 10 nitrogen and oxygen atoms in total. The third-order valence-electron chi connectivity index (χ3n) is 9.39. The predicted octanol–water partition coefficient (Wildman–Crippen LogP) is 4.95. The molecule has 0 unspecified atom stereocenters. The Balaban J connectivity index is 1.15.